The van der Waals surface area contributed by atoms with Gasteiger partial charge in [-0.05, 0) is 35.7 Å². The molecule has 0 aliphatic heterocycles. The van der Waals surface area contributed by atoms with Crippen LogP contribution in [0.1, 0.15) is 41.3 Å². The highest BCUT2D eigenvalue weighted by Gasteiger charge is 2.11. The molecule has 5 heteroatoms. The van der Waals surface area contributed by atoms with E-state index in [0.717, 1.165) is 11.3 Å². The van der Waals surface area contributed by atoms with Gasteiger partial charge in [0.05, 0.1) is 5.56 Å². The maximum Gasteiger partial charge on any atom is 0.257 e. The van der Waals surface area contributed by atoms with Gasteiger partial charge in [-0.25, -0.2) is 9.37 Å². The summed E-state index contributed by atoms with van der Waals surface area (Å²) in [6.07, 6.45) is 1.51. The van der Waals surface area contributed by atoms with Crippen LogP contribution in [0.15, 0.2) is 66.9 Å². The highest BCUT2D eigenvalue weighted by atomic mass is 19.1. The third-order valence-electron chi connectivity index (χ3n) is 4.27. The second kappa shape index (κ2) is 8.45. The first-order valence-electron chi connectivity index (χ1n) is 8.88. The Labute approximate surface area is 158 Å². The molecule has 2 aromatic carbocycles. The second-order valence-corrected chi connectivity index (χ2v) is 6.57. The molecule has 1 aromatic heterocycles. The van der Waals surface area contributed by atoms with E-state index in [2.05, 4.69) is 29.5 Å². The van der Waals surface area contributed by atoms with Gasteiger partial charge in [-0.3, -0.25) is 4.79 Å². The quantitative estimate of drug-likeness (QED) is 0.632. The van der Waals surface area contributed by atoms with Crippen LogP contribution in [0.5, 0.6) is 0 Å². The highest BCUT2D eigenvalue weighted by molar-refractivity contribution is 6.04. The lowest BCUT2D eigenvalue weighted by Gasteiger charge is -2.13. The van der Waals surface area contributed by atoms with Crippen LogP contribution in [-0.4, -0.2) is 10.9 Å². The van der Waals surface area contributed by atoms with Crippen molar-refractivity contribution in [2.45, 2.75) is 26.3 Å². The summed E-state index contributed by atoms with van der Waals surface area (Å²) in [5, 5.41) is 6.00. The van der Waals surface area contributed by atoms with E-state index in [9.17, 15) is 9.18 Å². The number of nitrogens with one attached hydrogen (secondary N) is 2. The summed E-state index contributed by atoms with van der Waals surface area (Å²) in [6, 6.07) is 17.8. The molecule has 1 amide bonds. The molecule has 0 unspecified atom stereocenters. The van der Waals surface area contributed by atoms with Gasteiger partial charge in [0.15, 0.2) is 0 Å². The van der Waals surface area contributed by atoms with E-state index < -0.39 is 0 Å². The van der Waals surface area contributed by atoms with Crippen LogP contribution in [0.4, 0.5) is 15.9 Å². The minimum absolute atomic E-state index is 0.212. The van der Waals surface area contributed by atoms with E-state index in [1.807, 2.05) is 24.3 Å². The van der Waals surface area contributed by atoms with Gasteiger partial charge in [-0.2, -0.15) is 0 Å². The van der Waals surface area contributed by atoms with Crippen molar-refractivity contribution in [1.29, 1.82) is 0 Å². The first kappa shape index (κ1) is 18.6. The summed E-state index contributed by atoms with van der Waals surface area (Å²) in [5.74, 6) is 0.419. The fourth-order valence-electron chi connectivity index (χ4n) is 2.77. The summed E-state index contributed by atoms with van der Waals surface area (Å²) in [5.41, 5.74) is 2.91. The number of nitrogens with zero attached hydrogens (tertiary/aromatic N) is 1. The SMILES string of the molecule is CC(C)c1ccccc1NC(=O)c1ccc(NCc2ccccc2F)nc1. The van der Waals surface area contributed by atoms with Crippen molar-refractivity contribution in [2.75, 3.05) is 10.6 Å². The van der Waals surface area contributed by atoms with Crippen LogP contribution >= 0.6 is 0 Å². The van der Waals surface area contributed by atoms with E-state index in [-0.39, 0.29) is 11.7 Å². The first-order valence-corrected chi connectivity index (χ1v) is 8.88. The van der Waals surface area contributed by atoms with Crippen molar-refractivity contribution >= 4 is 17.4 Å². The summed E-state index contributed by atoms with van der Waals surface area (Å²) in [4.78, 5) is 16.8. The smallest absolute Gasteiger partial charge is 0.257 e. The number of anilines is 2. The molecule has 3 aromatic rings. The Morgan fingerprint density at radius 2 is 1.78 bits per heavy atom. The minimum atomic E-state index is -0.259. The van der Waals surface area contributed by atoms with Crippen LogP contribution in [0.3, 0.4) is 0 Å². The van der Waals surface area contributed by atoms with Crippen molar-refractivity contribution in [3.05, 3.63) is 89.4 Å². The number of carbonyl (C=O) groups excluding carboxylic acids is 1. The van der Waals surface area contributed by atoms with Gasteiger partial charge in [0.25, 0.3) is 5.91 Å². The Bertz CT molecular complexity index is 923. The number of amides is 1. The monoisotopic (exact) mass is 363 g/mol. The number of para-hydroxylation sites is 1. The maximum atomic E-state index is 13.6. The molecule has 0 aliphatic rings. The number of benzene rings is 2. The molecule has 0 aliphatic carbocycles. The maximum absolute atomic E-state index is 13.6. The zero-order chi connectivity index (χ0) is 19.2. The van der Waals surface area contributed by atoms with Gasteiger partial charge in [-0.15, -0.1) is 0 Å². The molecule has 1 heterocycles. The first-order chi connectivity index (χ1) is 13.0. The Hall–Kier alpha value is -3.21. The molecule has 4 nitrogen and oxygen atoms in total. The van der Waals surface area contributed by atoms with Crippen LogP contribution in [0, 0.1) is 5.82 Å². The zero-order valence-corrected chi connectivity index (χ0v) is 15.4. The fraction of sp³-hybridized carbons (Fsp3) is 0.182. The van der Waals surface area contributed by atoms with E-state index in [1.165, 1.54) is 12.3 Å². The molecule has 0 bridgehead atoms. The van der Waals surface area contributed by atoms with Gasteiger partial charge < -0.3 is 10.6 Å². The summed E-state index contributed by atoms with van der Waals surface area (Å²) < 4.78 is 13.6. The molecule has 2 N–H and O–H groups in total. The lowest BCUT2D eigenvalue weighted by molar-refractivity contribution is 0.102. The topological polar surface area (TPSA) is 54.0 Å². The van der Waals surface area contributed by atoms with E-state index in [1.54, 1.807) is 30.3 Å². The Morgan fingerprint density at radius 3 is 2.48 bits per heavy atom. The molecule has 27 heavy (non-hydrogen) atoms. The van der Waals surface area contributed by atoms with Crippen LogP contribution in [-0.2, 0) is 6.54 Å². The lowest BCUT2D eigenvalue weighted by Crippen LogP contribution is -2.14. The average molecular weight is 363 g/mol. The lowest BCUT2D eigenvalue weighted by atomic mass is 10.0. The van der Waals surface area contributed by atoms with Gasteiger partial charge >= 0.3 is 0 Å². The fourth-order valence-corrected chi connectivity index (χ4v) is 2.77. The second-order valence-electron chi connectivity index (χ2n) is 6.57. The van der Waals surface area contributed by atoms with Gasteiger partial charge in [0, 0.05) is 24.0 Å². The zero-order valence-electron chi connectivity index (χ0n) is 15.4. The highest BCUT2D eigenvalue weighted by Crippen LogP contribution is 2.24. The molecular formula is C22H22FN3O. The molecule has 3 rings (SSSR count). The Morgan fingerprint density at radius 1 is 1.04 bits per heavy atom. The summed E-state index contributed by atoms with van der Waals surface area (Å²) in [7, 11) is 0. The van der Waals surface area contributed by atoms with E-state index in [4.69, 9.17) is 0 Å². The molecule has 0 saturated carbocycles. The van der Waals surface area contributed by atoms with Crippen molar-refractivity contribution in [1.82, 2.24) is 4.98 Å². The Balaban J connectivity index is 1.65. The third-order valence-corrected chi connectivity index (χ3v) is 4.27. The van der Waals surface area contributed by atoms with Gasteiger partial charge in [0.1, 0.15) is 11.6 Å². The van der Waals surface area contributed by atoms with Crippen molar-refractivity contribution < 1.29 is 9.18 Å². The molecule has 0 saturated heterocycles. The molecule has 0 fully saturated rings. The molecule has 0 spiro atoms. The molecule has 0 radical (unpaired) electrons. The molecular weight excluding hydrogens is 341 g/mol. The van der Waals surface area contributed by atoms with Crippen LogP contribution in [0.25, 0.3) is 0 Å². The minimum Gasteiger partial charge on any atom is -0.366 e. The van der Waals surface area contributed by atoms with Crippen molar-refractivity contribution in [3.63, 3.8) is 0 Å². The molecule has 0 atom stereocenters. The number of hydrogen-bond donors (Lipinski definition) is 2. The standard InChI is InChI=1S/C22H22FN3O/c1-15(2)18-8-4-6-10-20(18)26-22(27)17-11-12-21(25-14-17)24-13-16-7-3-5-9-19(16)23/h3-12,14-15H,13H2,1-2H3,(H,24,25)(H,26,27). The van der Waals surface area contributed by atoms with Gasteiger partial charge in [0.2, 0.25) is 0 Å². The van der Waals surface area contributed by atoms with Crippen LogP contribution in [0.2, 0.25) is 0 Å². The number of hydrogen-bond acceptors (Lipinski definition) is 3. The summed E-state index contributed by atoms with van der Waals surface area (Å²) >= 11 is 0. The predicted octanol–water partition coefficient (Wildman–Crippen LogP) is 5.21. The summed E-state index contributed by atoms with van der Waals surface area (Å²) in [6.45, 7) is 4.50. The van der Waals surface area contributed by atoms with Crippen molar-refractivity contribution in [2.24, 2.45) is 0 Å². The number of rotatable bonds is 6. The van der Waals surface area contributed by atoms with Crippen LogP contribution < -0.4 is 10.6 Å². The largest absolute Gasteiger partial charge is 0.366 e. The van der Waals surface area contributed by atoms with E-state index >= 15 is 0 Å². The average Bonchev–Trinajstić information content (AvgIpc) is 2.68. The van der Waals surface area contributed by atoms with Gasteiger partial charge in [-0.1, -0.05) is 50.2 Å². The third kappa shape index (κ3) is 4.70. The Kier molecular flexibility index (Phi) is 5.81. The van der Waals surface area contributed by atoms with Crippen molar-refractivity contribution in [3.8, 4) is 0 Å². The van der Waals surface area contributed by atoms with E-state index in [0.29, 0.717) is 29.4 Å². The number of halogens is 1. The normalized spacial score (nSPS) is 10.7. The number of carbonyl (C=O) groups is 1. The molecule has 138 valence electrons. The number of pyridine rings is 1. The predicted molar refractivity (Wildman–Crippen MR) is 106 cm³/mol. The number of aromatic nitrogens is 1.